The minimum atomic E-state index is -0.527. The van der Waals surface area contributed by atoms with Crippen LogP contribution in [0.15, 0.2) is 24.3 Å². The van der Waals surface area contributed by atoms with Crippen LogP contribution >= 0.6 is 24.8 Å². The summed E-state index contributed by atoms with van der Waals surface area (Å²) in [6.07, 6.45) is 0. The quantitative estimate of drug-likeness (QED) is 0.796. The predicted octanol–water partition coefficient (Wildman–Crippen LogP) is 2.63. The first-order valence-electron chi connectivity index (χ1n) is 7.50. The maximum Gasteiger partial charge on any atom is 0.237 e. The van der Waals surface area contributed by atoms with Gasteiger partial charge in [-0.05, 0) is 37.2 Å². The molecule has 24 heavy (non-hydrogen) atoms. The van der Waals surface area contributed by atoms with Gasteiger partial charge in [0.05, 0.1) is 19.2 Å². The lowest BCUT2D eigenvalue weighted by Crippen LogP contribution is -2.50. The summed E-state index contributed by atoms with van der Waals surface area (Å²) in [6.45, 7) is 6.39. The number of halogens is 2. The molecule has 1 aromatic carbocycles. The molecule has 0 heterocycles. The second-order valence-electron chi connectivity index (χ2n) is 6.84. The molecule has 140 valence electrons. The molecule has 5 nitrogen and oxygen atoms in total. The Labute approximate surface area is 158 Å². The number of methoxy groups -OCH3 is 1. The van der Waals surface area contributed by atoms with E-state index < -0.39 is 6.04 Å². The molecule has 3 N–H and O–H groups in total. The summed E-state index contributed by atoms with van der Waals surface area (Å²) in [5.74, 6) is 0.685. The molecule has 1 amide bonds. The van der Waals surface area contributed by atoms with Gasteiger partial charge in [-0.25, -0.2) is 0 Å². The number of hydrogen-bond donors (Lipinski definition) is 2. The molecule has 1 unspecified atom stereocenters. The highest BCUT2D eigenvalue weighted by atomic mass is 35.5. The van der Waals surface area contributed by atoms with Gasteiger partial charge in [0.2, 0.25) is 5.91 Å². The Morgan fingerprint density at radius 3 is 2.33 bits per heavy atom. The summed E-state index contributed by atoms with van der Waals surface area (Å²) in [5.41, 5.74) is 6.83. The highest BCUT2D eigenvalue weighted by Gasteiger charge is 2.28. The number of likely N-dealkylation sites (N-methyl/N-ethyl adjacent to an activating group) is 1. The average molecular weight is 380 g/mol. The van der Waals surface area contributed by atoms with E-state index in [1.165, 1.54) is 0 Å². The van der Waals surface area contributed by atoms with Gasteiger partial charge in [-0.15, -0.1) is 24.8 Å². The smallest absolute Gasteiger partial charge is 0.237 e. The Morgan fingerprint density at radius 2 is 1.88 bits per heavy atom. The number of carbonyl (C=O) groups is 1. The minimum Gasteiger partial charge on any atom is -0.497 e. The van der Waals surface area contributed by atoms with Crippen LogP contribution in [0.25, 0.3) is 0 Å². The topological polar surface area (TPSA) is 67.6 Å². The van der Waals surface area contributed by atoms with E-state index in [2.05, 4.69) is 10.2 Å². The molecule has 0 aliphatic heterocycles. The molecule has 0 bridgehead atoms. The number of hydrogen-bond acceptors (Lipinski definition) is 4. The summed E-state index contributed by atoms with van der Waals surface area (Å²) in [4.78, 5) is 14.3. The Hall–Kier alpha value is -1.01. The summed E-state index contributed by atoms with van der Waals surface area (Å²) in [6, 6.07) is 7.41. The summed E-state index contributed by atoms with van der Waals surface area (Å²) in [7, 11) is 5.62. The van der Waals surface area contributed by atoms with Crippen molar-refractivity contribution in [2.75, 3.05) is 27.7 Å². The fourth-order valence-electron chi connectivity index (χ4n) is 2.15. The van der Waals surface area contributed by atoms with Crippen molar-refractivity contribution in [2.45, 2.75) is 32.9 Å². The molecule has 0 radical (unpaired) electrons. The number of carbonyl (C=O) groups excluding carboxylic acids is 1. The molecule has 2 atom stereocenters. The zero-order valence-electron chi connectivity index (χ0n) is 15.3. The average Bonchev–Trinajstić information content (AvgIpc) is 2.45. The van der Waals surface area contributed by atoms with Crippen molar-refractivity contribution in [3.05, 3.63) is 29.8 Å². The monoisotopic (exact) mass is 379 g/mol. The first-order valence-corrected chi connectivity index (χ1v) is 7.50. The molecule has 1 aromatic rings. The van der Waals surface area contributed by atoms with Crippen LogP contribution in [0.5, 0.6) is 5.75 Å². The third-order valence-corrected chi connectivity index (χ3v) is 3.79. The number of benzene rings is 1. The van der Waals surface area contributed by atoms with Crippen molar-refractivity contribution >= 4 is 30.7 Å². The van der Waals surface area contributed by atoms with Crippen molar-refractivity contribution in [1.29, 1.82) is 0 Å². The van der Waals surface area contributed by atoms with E-state index in [0.717, 1.165) is 11.3 Å². The van der Waals surface area contributed by atoms with Crippen LogP contribution < -0.4 is 15.8 Å². The van der Waals surface area contributed by atoms with Crippen molar-refractivity contribution in [1.82, 2.24) is 10.2 Å². The van der Waals surface area contributed by atoms with Crippen molar-refractivity contribution in [3.8, 4) is 5.75 Å². The second kappa shape index (κ2) is 10.8. The van der Waals surface area contributed by atoms with E-state index in [4.69, 9.17) is 10.5 Å². The maximum atomic E-state index is 12.2. The number of nitrogens with two attached hydrogens (primary N) is 1. The summed E-state index contributed by atoms with van der Waals surface area (Å²) in [5, 5.41) is 2.96. The lowest BCUT2D eigenvalue weighted by atomic mass is 9.87. The molecule has 0 saturated heterocycles. The zero-order valence-corrected chi connectivity index (χ0v) is 17.0. The first kappa shape index (κ1) is 25.2. The highest BCUT2D eigenvalue weighted by molar-refractivity contribution is 5.85. The van der Waals surface area contributed by atoms with Gasteiger partial charge >= 0.3 is 0 Å². The van der Waals surface area contributed by atoms with E-state index in [0.29, 0.717) is 6.54 Å². The van der Waals surface area contributed by atoms with E-state index in [1.807, 2.05) is 59.1 Å². The standard InChI is InChI=1S/C17H29N3O2.2ClH/c1-17(2,3)15(18)16(21)19-11-14(20(4)5)12-8-7-9-13(10-12)22-6;;/h7-10,14-15H,11,18H2,1-6H3,(H,19,21);2*1H/t14?,15-;;/m1../s1. The van der Waals surface area contributed by atoms with Gasteiger partial charge < -0.3 is 20.7 Å². The fourth-order valence-corrected chi connectivity index (χ4v) is 2.15. The Kier molecular flexibility index (Phi) is 11.3. The molecule has 0 saturated carbocycles. The van der Waals surface area contributed by atoms with Gasteiger partial charge in [-0.3, -0.25) is 4.79 Å². The third kappa shape index (κ3) is 7.26. The van der Waals surface area contributed by atoms with Gasteiger partial charge in [0, 0.05) is 6.54 Å². The highest BCUT2D eigenvalue weighted by Crippen LogP contribution is 2.22. The molecule has 0 aromatic heterocycles. The summed E-state index contributed by atoms with van der Waals surface area (Å²) >= 11 is 0. The lowest BCUT2D eigenvalue weighted by molar-refractivity contribution is -0.124. The van der Waals surface area contributed by atoms with E-state index in [-0.39, 0.29) is 42.2 Å². The number of nitrogens with zero attached hydrogens (tertiary/aromatic N) is 1. The van der Waals surface area contributed by atoms with Crippen LogP contribution in [0, 0.1) is 5.41 Å². The van der Waals surface area contributed by atoms with Crippen LogP contribution in [0.2, 0.25) is 0 Å². The Bertz CT molecular complexity index is 505. The third-order valence-electron chi connectivity index (χ3n) is 3.79. The van der Waals surface area contributed by atoms with Crippen molar-refractivity contribution in [2.24, 2.45) is 11.1 Å². The number of nitrogens with one attached hydrogen (secondary N) is 1. The normalized spacial score (nSPS) is 13.3. The van der Waals surface area contributed by atoms with E-state index >= 15 is 0 Å². The van der Waals surface area contributed by atoms with Gasteiger partial charge in [-0.2, -0.15) is 0 Å². The van der Waals surface area contributed by atoms with Crippen molar-refractivity contribution in [3.63, 3.8) is 0 Å². The van der Waals surface area contributed by atoms with Gasteiger partial charge in [0.25, 0.3) is 0 Å². The SMILES string of the molecule is COc1cccc(C(CNC(=O)[C@@H](N)C(C)(C)C)N(C)C)c1.Cl.Cl. The molecule has 0 aliphatic carbocycles. The van der Waals surface area contributed by atoms with Crippen LogP contribution in [0.4, 0.5) is 0 Å². The molecule has 0 spiro atoms. The van der Waals surface area contributed by atoms with Gasteiger partial charge in [0.15, 0.2) is 0 Å². The lowest BCUT2D eigenvalue weighted by Gasteiger charge is -2.29. The Balaban J connectivity index is 0. The molecular formula is C17H31Cl2N3O2. The van der Waals surface area contributed by atoms with Gasteiger partial charge in [-0.1, -0.05) is 32.9 Å². The Morgan fingerprint density at radius 1 is 1.29 bits per heavy atom. The molecule has 0 aliphatic rings. The van der Waals surface area contributed by atoms with E-state index in [1.54, 1.807) is 7.11 Å². The predicted molar refractivity (Wildman–Crippen MR) is 104 cm³/mol. The van der Waals surface area contributed by atoms with Crippen LogP contribution in [0.3, 0.4) is 0 Å². The van der Waals surface area contributed by atoms with Crippen LogP contribution in [-0.2, 0) is 4.79 Å². The summed E-state index contributed by atoms with van der Waals surface area (Å²) < 4.78 is 5.27. The number of ether oxygens (including phenoxy) is 1. The van der Waals surface area contributed by atoms with Gasteiger partial charge in [0.1, 0.15) is 5.75 Å². The zero-order chi connectivity index (χ0) is 16.9. The molecule has 1 rings (SSSR count). The largest absolute Gasteiger partial charge is 0.497 e. The van der Waals surface area contributed by atoms with Crippen molar-refractivity contribution < 1.29 is 9.53 Å². The number of amides is 1. The van der Waals surface area contributed by atoms with Crippen LogP contribution in [0.1, 0.15) is 32.4 Å². The van der Waals surface area contributed by atoms with E-state index in [9.17, 15) is 4.79 Å². The molecule has 7 heteroatoms. The number of rotatable bonds is 6. The first-order chi connectivity index (χ1) is 10.2. The second-order valence-corrected chi connectivity index (χ2v) is 6.84. The fraction of sp³-hybridized carbons (Fsp3) is 0.588. The van der Waals surface area contributed by atoms with Crippen LogP contribution in [-0.4, -0.2) is 44.6 Å². The minimum absolute atomic E-state index is 0. The molecule has 0 fully saturated rings. The molecular weight excluding hydrogens is 349 g/mol. The maximum absolute atomic E-state index is 12.2.